The number of halogens is 1. The summed E-state index contributed by atoms with van der Waals surface area (Å²) in [5.74, 6) is -0.691. The van der Waals surface area contributed by atoms with Gasteiger partial charge in [-0.1, -0.05) is 66.2 Å². The maximum atomic E-state index is 12.9. The van der Waals surface area contributed by atoms with Crippen LogP contribution in [0.15, 0.2) is 123 Å². The number of para-hydroxylation sites is 2. The van der Waals surface area contributed by atoms with E-state index in [-0.39, 0.29) is 15.6 Å². The lowest BCUT2D eigenvalue weighted by Gasteiger charge is -2.22. The van der Waals surface area contributed by atoms with Crippen molar-refractivity contribution >= 4 is 44.5 Å². The Morgan fingerprint density at radius 3 is 1.78 bits per heavy atom. The second kappa shape index (κ2) is 9.21. The first-order chi connectivity index (χ1) is 15.4. The smallest absolute Gasteiger partial charge is 0.282 e. The SMILES string of the molecule is O=C1C(=NS(=O)(=O)c2ccccc2)C=C(Nc2ccccc2)C(Nc2ccccc2)=C1Cl. The van der Waals surface area contributed by atoms with Gasteiger partial charge in [-0.2, -0.15) is 12.8 Å². The summed E-state index contributed by atoms with van der Waals surface area (Å²) >= 11 is 6.42. The molecule has 0 saturated heterocycles. The predicted molar refractivity (Wildman–Crippen MR) is 127 cm³/mol. The van der Waals surface area contributed by atoms with Crippen molar-refractivity contribution in [2.24, 2.45) is 4.40 Å². The zero-order valence-electron chi connectivity index (χ0n) is 16.7. The Hall–Kier alpha value is -3.68. The average Bonchev–Trinajstić information content (AvgIpc) is 2.82. The van der Waals surface area contributed by atoms with Gasteiger partial charge in [0, 0.05) is 11.4 Å². The lowest BCUT2D eigenvalue weighted by molar-refractivity contribution is -0.109. The van der Waals surface area contributed by atoms with E-state index in [1.807, 2.05) is 60.7 Å². The van der Waals surface area contributed by atoms with E-state index < -0.39 is 15.8 Å². The molecule has 0 unspecified atom stereocenters. The number of nitrogens with one attached hydrogen (secondary N) is 2. The lowest BCUT2D eigenvalue weighted by atomic mass is 10.0. The van der Waals surface area contributed by atoms with Gasteiger partial charge in [0.05, 0.1) is 16.3 Å². The number of hydrogen-bond donors (Lipinski definition) is 2. The van der Waals surface area contributed by atoms with Crippen molar-refractivity contribution in [1.82, 2.24) is 0 Å². The van der Waals surface area contributed by atoms with Crippen molar-refractivity contribution in [3.05, 3.63) is 113 Å². The highest BCUT2D eigenvalue weighted by Crippen LogP contribution is 2.28. The molecule has 3 aromatic rings. The summed E-state index contributed by atoms with van der Waals surface area (Å²) in [6, 6.07) is 26.1. The third kappa shape index (κ3) is 4.80. The lowest BCUT2D eigenvalue weighted by Crippen LogP contribution is -2.26. The summed E-state index contributed by atoms with van der Waals surface area (Å²) in [6.07, 6.45) is 1.38. The maximum Gasteiger partial charge on any atom is 0.282 e. The number of carbonyl (C=O) groups excluding carboxylic acids is 1. The van der Waals surface area contributed by atoms with Crippen LogP contribution in [-0.4, -0.2) is 19.9 Å². The molecule has 0 amide bonds. The van der Waals surface area contributed by atoms with Gasteiger partial charge in [0.15, 0.2) is 0 Å². The van der Waals surface area contributed by atoms with Gasteiger partial charge in [-0.3, -0.25) is 4.79 Å². The van der Waals surface area contributed by atoms with E-state index in [9.17, 15) is 13.2 Å². The molecular formula is C24H18ClN3O3S. The Kier molecular flexibility index (Phi) is 6.20. The van der Waals surface area contributed by atoms with Crippen molar-refractivity contribution < 1.29 is 13.2 Å². The Bertz CT molecular complexity index is 1340. The summed E-state index contributed by atoms with van der Waals surface area (Å²) < 4.78 is 29.2. The quantitative estimate of drug-likeness (QED) is 0.504. The molecule has 0 atom stereocenters. The van der Waals surface area contributed by atoms with E-state index in [2.05, 4.69) is 15.0 Å². The highest BCUT2D eigenvalue weighted by Gasteiger charge is 2.29. The van der Waals surface area contributed by atoms with Crippen molar-refractivity contribution in [2.75, 3.05) is 10.6 Å². The second-order valence-electron chi connectivity index (χ2n) is 6.82. The van der Waals surface area contributed by atoms with Gasteiger partial charge in [0.25, 0.3) is 10.0 Å². The molecular weight excluding hydrogens is 446 g/mol. The minimum Gasteiger partial charge on any atom is -0.354 e. The molecule has 2 N–H and O–H groups in total. The number of Topliss-reactive ketones (excluding diaryl/α,β-unsaturated/α-hetero) is 1. The van der Waals surface area contributed by atoms with Crippen molar-refractivity contribution in [2.45, 2.75) is 4.90 Å². The molecule has 4 rings (SSSR count). The number of rotatable bonds is 6. The van der Waals surface area contributed by atoms with Crippen LogP contribution in [0.25, 0.3) is 0 Å². The van der Waals surface area contributed by atoms with E-state index >= 15 is 0 Å². The molecule has 160 valence electrons. The highest BCUT2D eigenvalue weighted by molar-refractivity contribution is 7.90. The molecule has 0 radical (unpaired) electrons. The van der Waals surface area contributed by atoms with Crippen molar-refractivity contribution in [1.29, 1.82) is 0 Å². The number of benzene rings is 3. The molecule has 32 heavy (non-hydrogen) atoms. The molecule has 0 bridgehead atoms. The molecule has 0 aromatic heterocycles. The van der Waals surface area contributed by atoms with E-state index in [1.54, 1.807) is 18.2 Å². The van der Waals surface area contributed by atoms with Crippen LogP contribution in [0.5, 0.6) is 0 Å². The minimum absolute atomic E-state index is 0.0143. The fourth-order valence-corrected chi connectivity index (χ4v) is 4.27. The van der Waals surface area contributed by atoms with Crippen LogP contribution in [0, 0.1) is 0 Å². The molecule has 6 nitrogen and oxygen atoms in total. The Morgan fingerprint density at radius 2 is 1.22 bits per heavy atom. The fourth-order valence-electron chi connectivity index (χ4n) is 3.02. The Labute approximate surface area is 191 Å². The van der Waals surface area contributed by atoms with Crippen LogP contribution >= 0.6 is 11.6 Å². The number of hydrogen-bond acceptors (Lipinski definition) is 5. The van der Waals surface area contributed by atoms with Crippen LogP contribution < -0.4 is 10.6 Å². The van der Waals surface area contributed by atoms with Gasteiger partial charge in [-0.05, 0) is 42.5 Å². The number of allylic oxidation sites excluding steroid dienone is 2. The van der Waals surface area contributed by atoms with Crippen LogP contribution in [-0.2, 0) is 14.8 Å². The molecule has 0 saturated carbocycles. The van der Waals surface area contributed by atoms with E-state index in [0.29, 0.717) is 17.1 Å². The van der Waals surface area contributed by atoms with E-state index in [4.69, 9.17) is 11.6 Å². The summed E-state index contributed by atoms with van der Waals surface area (Å²) in [6.45, 7) is 0. The zero-order chi connectivity index (χ0) is 22.6. The topological polar surface area (TPSA) is 87.6 Å². The second-order valence-corrected chi connectivity index (χ2v) is 8.80. The largest absolute Gasteiger partial charge is 0.354 e. The zero-order valence-corrected chi connectivity index (χ0v) is 18.3. The minimum atomic E-state index is -4.10. The molecule has 3 aromatic carbocycles. The first-order valence-electron chi connectivity index (χ1n) is 9.65. The Morgan fingerprint density at radius 1 is 0.719 bits per heavy atom. The molecule has 0 spiro atoms. The number of carbonyl (C=O) groups is 1. The van der Waals surface area contributed by atoms with Crippen LogP contribution in [0.3, 0.4) is 0 Å². The van der Waals surface area contributed by atoms with E-state index in [1.165, 1.54) is 18.2 Å². The number of anilines is 2. The third-order valence-electron chi connectivity index (χ3n) is 4.56. The molecule has 8 heteroatoms. The van der Waals surface area contributed by atoms with Gasteiger partial charge >= 0.3 is 0 Å². The summed E-state index contributed by atoms with van der Waals surface area (Å²) in [5.41, 5.74) is 1.90. The average molecular weight is 464 g/mol. The van der Waals surface area contributed by atoms with Gasteiger partial charge in [-0.25, -0.2) is 0 Å². The number of sulfonamides is 1. The van der Waals surface area contributed by atoms with Crippen molar-refractivity contribution in [3.8, 4) is 0 Å². The summed E-state index contributed by atoms with van der Waals surface area (Å²) in [4.78, 5) is 12.9. The van der Waals surface area contributed by atoms with Crippen LogP contribution in [0.4, 0.5) is 11.4 Å². The molecule has 1 aliphatic rings. The van der Waals surface area contributed by atoms with Gasteiger partial charge < -0.3 is 10.6 Å². The standard InChI is InChI=1S/C24H18ClN3O3S/c25-22-23(27-18-12-6-2-7-13-18)20(26-17-10-4-1-5-11-17)16-21(24(22)29)28-32(30,31)19-14-8-3-9-15-19/h1-16,26-27H. The van der Waals surface area contributed by atoms with Crippen LogP contribution in [0.2, 0.25) is 0 Å². The molecule has 0 heterocycles. The van der Waals surface area contributed by atoms with Crippen LogP contribution in [0.1, 0.15) is 0 Å². The Balaban J connectivity index is 1.78. The summed E-state index contributed by atoms with van der Waals surface area (Å²) in [7, 11) is -4.10. The number of nitrogens with zero attached hydrogens (tertiary/aromatic N) is 1. The fraction of sp³-hybridized carbons (Fsp3) is 0. The monoisotopic (exact) mass is 463 g/mol. The molecule has 0 aliphatic heterocycles. The van der Waals surface area contributed by atoms with Gasteiger partial charge in [0.1, 0.15) is 10.7 Å². The van der Waals surface area contributed by atoms with Gasteiger partial charge in [0.2, 0.25) is 5.78 Å². The first-order valence-corrected chi connectivity index (χ1v) is 11.5. The highest BCUT2D eigenvalue weighted by atomic mass is 35.5. The number of ketones is 1. The summed E-state index contributed by atoms with van der Waals surface area (Å²) in [5, 5.41) is 6.15. The molecule has 0 fully saturated rings. The molecule has 1 aliphatic carbocycles. The third-order valence-corrected chi connectivity index (χ3v) is 6.22. The normalized spacial score (nSPS) is 15.5. The van der Waals surface area contributed by atoms with Gasteiger partial charge in [-0.15, -0.1) is 0 Å². The predicted octanol–water partition coefficient (Wildman–Crippen LogP) is 4.96. The van der Waals surface area contributed by atoms with Crippen molar-refractivity contribution in [3.63, 3.8) is 0 Å². The van der Waals surface area contributed by atoms with E-state index in [0.717, 1.165) is 5.69 Å². The first kappa shape index (κ1) is 21.5. The maximum absolute atomic E-state index is 12.9.